The number of hydrogen-bond donors (Lipinski definition) is 1. The molecule has 0 aliphatic rings. The molecule has 1 N–H and O–H groups in total. The molecule has 2 heterocycles. The Hall–Kier alpha value is -2.79. The molecule has 1 aromatic carbocycles. The second-order valence-corrected chi connectivity index (χ2v) is 5.76. The van der Waals surface area contributed by atoms with Gasteiger partial charge in [-0.25, -0.2) is 0 Å². The number of furan rings is 2. The summed E-state index contributed by atoms with van der Waals surface area (Å²) in [6.07, 6.45) is 4.67. The first kappa shape index (κ1) is 16.1. The molecule has 0 radical (unpaired) electrons. The summed E-state index contributed by atoms with van der Waals surface area (Å²) in [6.45, 7) is 0.453. The van der Waals surface area contributed by atoms with Crippen molar-refractivity contribution in [3.8, 4) is 0 Å². The third-order valence-electron chi connectivity index (χ3n) is 3.81. The lowest BCUT2D eigenvalue weighted by molar-refractivity contribution is -0.116. The van der Waals surface area contributed by atoms with Gasteiger partial charge in [0.15, 0.2) is 0 Å². The highest BCUT2D eigenvalue weighted by Crippen LogP contribution is 2.25. The van der Waals surface area contributed by atoms with Gasteiger partial charge in [0, 0.05) is 18.0 Å². The van der Waals surface area contributed by atoms with Gasteiger partial charge in [0.05, 0.1) is 12.3 Å². The SMILES string of the molecule is CN(C)[C@H](CNC(=O)/C=C/c1ccco1)c1cc2ccccc2o1. The van der Waals surface area contributed by atoms with Gasteiger partial charge in [-0.3, -0.25) is 9.69 Å². The normalized spacial score (nSPS) is 13.0. The Morgan fingerprint density at radius 1 is 1.25 bits per heavy atom. The summed E-state index contributed by atoms with van der Waals surface area (Å²) in [5.74, 6) is 1.30. The molecule has 0 saturated carbocycles. The first-order chi connectivity index (χ1) is 11.6. The van der Waals surface area contributed by atoms with Gasteiger partial charge in [-0.15, -0.1) is 0 Å². The second kappa shape index (κ2) is 7.19. The fraction of sp³-hybridized carbons (Fsp3) is 0.211. The van der Waals surface area contributed by atoms with Crippen LogP contribution in [0.2, 0.25) is 0 Å². The Labute approximate surface area is 140 Å². The van der Waals surface area contributed by atoms with Crippen LogP contribution in [0.25, 0.3) is 17.0 Å². The Morgan fingerprint density at radius 2 is 2.08 bits per heavy atom. The van der Waals surface area contributed by atoms with E-state index in [1.165, 1.54) is 6.08 Å². The average molecular weight is 324 g/mol. The third-order valence-corrected chi connectivity index (χ3v) is 3.81. The monoisotopic (exact) mass is 324 g/mol. The molecule has 1 amide bonds. The molecule has 5 nitrogen and oxygen atoms in total. The summed E-state index contributed by atoms with van der Waals surface area (Å²) in [4.78, 5) is 14.0. The minimum absolute atomic E-state index is 0.0432. The van der Waals surface area contributed by atoms with E-state index in [4.69, 9.17) is 8.83 Å². The van der Waals surface area contributed by atoms with E-state index in [0.29, 0.717) is 12.3 Å². The van der Waals surface area contributed by atoms with Crippen LogP contribution in [0.4, 0.5) is 0 Å². The molecule has 0 spiro atoms. The maximum absolute atomic E-state index is 12.0. The van der Waals surface area contributed by atoms with Crippen LogP contribution in [0.3, 0.4) is 0 Å². The Morgan fingerprint density at radius 3 is 2.79 bits per heavy atom. The lowest BCUT2D eigenvalue weighted by Gasteiger charge is -2.22. The highest BCUT2D eigenvalue weighted by Gasteiger charge is 2.19. The molecule has 0 aliphatic heterocycles. The van der Waals surface area contributed by atoms with Gasteiger partial charge in [0.1, 0.15) is 17.1 Å². The number of nitrogens with zero attached hydrogens (tertiary/aromatic N) is 1. The summed E-state index contributed by atoms with van der Waals surface area (Å²) in [5, 5.41) is 3.96. The fourth-order valence-electron chi connectivity index (χ4n) is 2.50. The van der Waals surface area contributed by atoms with Crippen LogP contribution in [0, 0.1) is 0 Å². The number of hydrogen-bond acceptors (Lipinski definition) is 4. The third kappa shape index (κ3) is 3.75. The number of para-hydroxylation sites is 1. The molecule has 124 valence electrons. The number of nitrogens with one attached hydrogen (secondary N) is 1. The van der Waals surface area contributed by atoms with Gasteiger partial charge in [0.2, 0.25) is 5.91 Å². The number of carbonyl (C=O) groups excluding carboxylic acids is 1. The zero-order valence-electron chi connectivity index (χ0n) is 13.7. The van der Waals surface area contributed by atoms with Gasteiger partial charge in [-0.05, 0) is 44.4 Å². The lowest BCUT2D eigenvalue weighted by Crippen LogP contribution is -2.33. The number of carbonyl (C=O) groups is 1. The van der Waals surface area contributed by atoms with Crippen molar-refractivity contribution in [3.05, 3.63) is 66.3 Å². The minimum atomic E-state index is -0.172. The van der Waals surface area contributed by atoms with E-state index >= 15 is 0 Å². The van der Waals surface area contributed by atoms with Crippen molar-refractivity contribution in [1.82, 2.24) is 10.2 Å². The first-order valence-corrected chi connectivity index (χ1v) is 7.78. The zero-order valence-corrected chi connectivity index (χ0v) is 13.7. The Kier molecular flexibility index (Phi) is 4.82. The van der Waals surface area contributed by atoms with Crippen molar-refractivity contribution < 1.29 is 13.6 Å². The number of benzene rings is 1. The molecule has 0 bridgehead atoms. The van der Waals surface area contributed by atoms with Gasteiger partial charge in [0.25, 0.3) is 0 Å². The molecule has 0 aliphatic carbocycles. The quantitative estimate of drug-likeness (QED) is 0.706. The summed E-state index contributed by atoms with van der Waals surface area (Å²) < 4.78 is 11.1. The predicted octanol–water partition coefficient (Wildman–Crippen LogP) is 3.46. The predicted molar refractivity (Wildman–Crippen MR) is 93.4 cm³/mol. The van der Waals surface area contributed by atoms with E-state index in [1.54, 1.807) is 24.5 Å². The first-order valence-electron chi connectivity index (χ1n) is 7.78. The van der Waals surface area contributed by atoms with Gasteiger partial charge in [-0.2, -0.15) is 0 Å². The van der Waals surface area contributed by atoms with Crippen molar-refractivity contribution in [2.24, 2.45) is 0 Å². The van der Waals surface area contributed by atoms with Crippen LogP contribution in [-0.4, -0.2) is 31.4 Å². The van der Waals surface area contributed by atoms with Crippen LogP contribution < -0.4 is 5.32 Å². The smallest absolute Gasteiger partial charge is 0.244 e. The van der Waals surface area contributed by atoms with Crippen molar-refractivity contribution in [3.63, 3.8) is 0 Å². The summed E-state index contributed by atoms with van der Waals surface area (Å²) in [6, 6.07) is 13.4. The van der Waals surface area contributed by atoms with E-state index in [2.05, 4.69) is 5.32 Å². The van der Waals surface area contributed by atoms with Crippen molar-refractivity contribution in [1.29, 1.82) is 0 Å². The maximum Gasteiger partial charge on any atom is 0.244 e. The molecular weight excluding hydrogens is 304 g/mol. The maximum atomic E-state index is 12.0. The molecule has 1 atom stereocenters. The summed E-state index contributed by atoms with van der Waals surface area (Å²) in [5.41, 5.74) is 0.850. The molecule has 24 heavy (non-hydrogen) atoms. The second-order valence-electron chi connectivity index (χ2n) is 5.76. The van der Waals surface area contributed by atoms with E-state index in [-0.39, 0.29) is 11.9 Å². The van der Waals surface area contributed by atoms with Crippen LogP contribution in [0.15, 0.2) is 63.6 Å². The molecule has 0 saturated heterocycles. The topological polar surface area (TPSA) is 58.6 Å². The molecule has 0 fully saturated rings. The zero-order chi connectivity index (χ0) is 16.9. The standard InChI is InChI=1S/C19H20N2O3/c1-21(2)16(18-12-14-6-3-4-8-17(14)24-18)13-20-19(22)10-9-15-7-5-11-23-15/h3-12,16H,13H2,1-2H3,(H,20,22)/b10-9+/t16-/m1/s1. The van der Waals surface area contributed by atoms with Crippen LogP contribution in [0.5, 0.6) is 0 Å². The molecule has 3 rings (SSSR count). The number of likely N-dealkylation sites (N-methyl/N-ethyl adjacent to an activating group) is 1. The van der Waals surface area contributed by atoms with Crippen LogP contribution in [0.1, 0.15) is 17.6 Å². The molecule has 5 heteroatoms. The summed E-state index contributed by atoms with van der Waals surface area (Å²) in [7, 11) is 3.92. The molecule has 2 aromatic heterocycles. The van der Waals surface area contributed by atoms with Crippen LogP contribution >= 0.6 is 0 Å². The van der Waals surface area contributed by atoms with E-state index < -0.39 is 0 Å². The van der Waals surface area contributed by atoms with Gasteiger partial charge >= 0.3 is 0 Å². The van der Waals surface area contributed by atoms with Gasteiger partial charge in [-0.1, -0.05) is 18.2 Å². The van der Waals surface area contributed by atoms with Gasteiger partial charge < -0.3 is 14.2 Å². The van der Waals surface area contributed by atoms with Crippen molar-refractivity contribution >= 4 is 23.0 Å². The highest BCUT2D eigenvalue weighted by molar-refractivity contribution is 5.91. The number of amides is 1. The van der Waals surface area contributed by atoms with E-state index in [1.807, 2.05) is 49.3 Å². The van der Waals surface area contributed by atoms with Crippen molar-refractivity contribution in [2.45, 2.75) is 6.04 Å². The van der Waals surface area contributed by atoms with E-state index in [0.717, 1.165) is 16.7 Å². The fourth-order valence-corrected chi connectivity index (χ4v) is 2.50. The minimum Gasteiger partial charge on any atom is -0.465 e. The molecule has 3 aromatic rings. The van der Waals surface area contributed by atoms with E-state index in [9.17, 15) is 4.79 Å². The number of rotatable bonds is 6. The lowest BCUT2D eigenvalue weighted by atomic mass is 10.2. The largest absolute Gasteiger partial charge is 0.465 e. The Bertz CT molecular complexity index is 798. The summed E-state index contributed by atoms with van der Waals surface area (Å²) >= 11 is 0. The number of fused-ring (bicyclic) bond motifs is 1. The highest BCUT2D eigenvalue weighted by atomic mass is 16.3. The van der Waals surface area contributed by atoms with Crippen LogP contribution in [-0.2, 0) is 4.79 Å². The van der Waals surface area contributed by atoms with Crippen molar-refractivity contribution in [2.75, 3.05) is 20.6 Å². The molecule has 0 unspecified atom stereocenters. The molecular formula is C19H20N2O3. The average Bonchev–Trinajstić information content (AvgIpc) is 3.22. The Balaban J connectivity index is 1.67.